The van der Waals surface area contributed by atoms with Gasteiger partial charge in [0, 0.05) is 43.7 Å². The summed E-state index contributed by atoms with van der Waals surface area (Å²) in [6, 6.07) is 22.1. The first kappa shape index (κ1) is 24.7. The number of hydrogen-bond donors (Lipinski definition) is 0. The Balaban J connectivity index is 1.55. The number of halogens is 2. The van der Waals surface area contributed by atoms with E-state index in [9.17, 15) is 18.8 Å². The summed E-state index contributed by atoms with van der Waals surface area (Å²) in [5, 5.41) is 10.3. The Labute approximate surface area is 214 Å². The van der Waals surface area contributed by atoms with Crippen LogP contribution >= 0.6 is 0 Å². The van der Waals surface area contributed by atoms with Crippen molar-refractivity contribution in [1.29, 1.82) is 5.26 Å². The smallest absolute Gasteiger partial charge is 0.252 e. The largest absolute Gasteiger partial charge is 0.365 e. The highest BCUT2D eigenvalue weighted by Crippen LogP contribution is 2.36. The zero-order valence-corrected chi connectivity index (χ0v) is 21.0. The van der Waals surface area contributed by atoms with E-state index in [1.165, 1.54) is 24.3 Å². The average Bonchev–Trinajstić information content (AvgIpc) is 2.90. The van der Waals surface area contributed by atoms with Gasteiger partial charge in [-0.15, -0.1) is 0 Å². The molecule has 1 aromatic heterocycles. The summed E-state index contributed by atoms with van der Waals surface area (Å²) in [6.07, 6.45) is 0. The van der Waals surface area contributed by atoms with E-state index in [1.807, 2.05) is 12.1 Å². The van der Waals surface area contributed by atoms with Crippen LogP contribution in [-0.2, 0) is 7.05 Å². The first-order chi connectivity index (χ1) is 17.8. The van der Waals surface area contributed by atoms with E-state index < -0.39 is 0 Å². The Morgan fingerprint density at radius 1 is 0.865 bits per heavy atom. The SMILES string of the molecule is C[C@@H]1CN(C(c2ccc(F)cc2)c2ccc(F)cc2)[C@@H](C)CN1c1cc(=O)n(C)c2ccc(C#N)cc12. The highest BCUT2D eigenvalue weighted by Gasteiger charge is 2.35. The normalized spacial score (nSPS) is 18.4. The van der Waals surface area contributed by atoms with E-state index in [0.717, 1.165) is 27.7 Å². The molecule has 1 saturated heterocycles. The van der Waals surface area contributed by atoms with Crippen LogP contribution in [0.3, 0.4) is 0 Å². The maximum absolute atomic E-state index is 13.8. The second kappa shape index (κ2) is 9.79. The Bertz CT molecular complexity index is 1490. The van der Waals surface area contributed by atoms with Crippen LogP contribution in [0.2, 0.25) is 0 Å². The van der Waals surface area contributed by atoms with Crippen molar-refractivity contribution in [2.75, 3.05) is 18.0 Å². The number of nitriles is 1. The molecule has 0 unspecified atom stereocenters. The third-order valence-corrected chi connectivity index (χ3v) is 7.40. The van der Waals surface area contributed by atoms with Gasteiger partial charge in [0.05, 0.1) is 28.9 Å². The first-order valence-electron chi connectivity index (χ1n) is 12.3. The van der Waals surface area contributed by atoms with E-state index in [0.29, 0.717) is 18.7 Å². The highest BCUT2D eigenvalue weighted by atomic mass is 19.1. The number of nitrogens with zero attached hydrogens (tertiary/aromatic N) is 4. The van der Waals surface area contributed by atoms with Crippen LogP contribution < -0.4 is 10.5 Å². The molecule has 37 heavy (non-hydrogen) atoms. The molecule has 0 bridgehead atoms. The molecule has 0 amide bonds. The van der Waals surface area contributed by atoms with Gasteiger partial charge in [-0.1, -0.05) is 24.3 Å². The second-order valence-electron chi connectivity index (χ2n) is 9.82. The maximum Gasteiger partial charge on any atom is 0.252 e. The molecule has 1 aliphatic heterocycles. The van der Waals surface area contributed by atoms with E-state index in [2.05, 4.69) is 29.7 Å². The Kier molecular flexibility index (Phi) is 6.53. The quantitative estimate of drug-likeness (QED) is 0.379. The van der Waals surface area contributed by atoms with Crippen LogP contribution in [0.25, 0.3) is 10.9 Å². The van der Waals surface area contributed by atoms with Crippen LogP contribution in [0, 0.1) is 23.0 Å². The third kappa shape index (κ3) is 4.61. The summed E-state index contributed by atoms with van der Waals surface area (Å²) in [7, 11) is 1.74. The van der Waals surface area contributed by atoms with Crippen LogP contribution in [-0.4, -0.2) is 34.6 Å². The van der Waals surface area contributed by atoms with Crippen molar-refractivity contribution >= 4 is 16.6 Å². The fourth-order valence-corrected chi connectivity index (χ4v) is 5.47. The lowest BCUT2D eigenvalue weighted by atomic mass is 9.93. The van der Waals surface area contributed by atoms with E-state index in [4.69, 9.17) is 0 Å². The van der Waals surface area contributed by atoms with E-state index >= 15 is 0 Å². The fraction of sp³-hybridized carbons (Fsp3) is 0.267. The van der Waals surface area contributed by atoms with Crippen molar-refractivity contribution in [2.24, 2.45) is 7.05 Å². The molecule has 0 aliphatic carbocycles. The van der Waals surface area contributed by atoms with Crippen LogP contribution in [0.15, 0.2) is 77.6 Å². The molecular formula is C30H28F2N4O. The minimum Gasteiger partial charge on any atom is -0.365 e. The van der Waals surface area contributed by atoms with Gasteiger partial charge < -0.3 is 9.47 Å². The zero-order valence-electron chi connectivity index (χ0n) is 21.0. The third-order valence-electron chi connectivity index (χ3n) is 7.40. The number of pyridine rings is 1. The minimum absolute atomic E-state index is 0.0284. The number of aromatic nitrogens is 1. The van der Waals surface area contributed by atoms with Crippen molar-refractivity contribution in [2.45, 2.75) is 32.0 Å². The molecule has 5 nitrogen and oxygen atoms in total. The number of anilines is 1. The number of rotatable bonds is 4. The van der Waals surface area contributed by atoms with Crippen molar-refractivity contribution in [3.05, 3.63) is 111 Å². The minimum atomic E-state index is -0.304. The topological polar surface area (TPSA) is 52.3 Å². The van der Waals surface area contributed by atoms with E-state index in [-0.39, 0.29) is 35.3 Å². The highest BCUT2D eigenvalue weighted by molar-refractivity contribution is 5.93. The van der Waals surface area contributed by atoms with Gasteiger partial charge in [-0.3, -0.25) is 9.69 Å². The lowest BCUT2D eigenvalue weighted by molar-refractivity contribution is 0.130. The lowest BCUT2D eigenvalue weighted by Gasteiger charge is -2.48. The molecule has 3 aromatic carbocycles. The van der Waals surface area contributed by atoms with Crippen LogP contribution in [0.1, 0.15) is 36.6 Å². The van der Waals surface area contributed by atoms with Crippen LogP contribution in [0.5, 0.6) is 0 Å². The van der Waals surface area contributed by atoms with Gasteiger partial charge in [0.1, 0.15) is 11.6 Å². The molecule has 4 aromatic rings. The molecule has 5 rings (SSSR count). The molecule has 7 heteroatoms. The fourth-order valence-electron chi connectivity index (χ4n) is 5.47. The molecule has 0 radical (unpaired) electrons. The first-order valence-corrected chi connectivity index (χ1v) is 12.3. The van der Waals surface area contributed by atoms with Crippen molar-refractivity contribution in [3.63, 3.8) is 0 Å². The Morgan fingerprint density at radius 2 is 1.46 bits per heavy atom. The van der Waals surface area contributed by atoms with Crippen molar-refractivity contribution < 1.29 is 8.78 Å². The van der Waals surface area contributed by atoms with Crippen LogP contribution in [0.4, 0.5) is 14.5 Å². The number of fused-ring (bicyclic) bond motifs is 1. The van der Waals surface area contributed by atoms with Crippen molar-refractivity contribution in [3.8, 4) is 6.07 Å². The Hall–Kier alpha value is -4.02. The lowest BCUT2D eigenvalue weighted by Crippen LogP contribution is -2.57. The van der Waals surface area contributed by atoms with Gasteiger partial charge in [0.2, 0.25) is 0 Å². The summed E-state index contributed by atoms with van der Waals surface area (Å²) < 4.78 is 29.1. The average molecular weight is 499 g/mol. The molecule has 188 valence electrons. The molecule has 0 spiro atoms. The predicted octanol–water partition coefficient (Wildman–Crippen LogP) is 5.38. The second-order valence-corrected chi connectivity index (χ2v) is 9.82. The van der Waals surface area contributed by atoms with Gasteiger partial charge in [-0.25, -0.2) is 8.78 Å². The molecule has 0 saturated carbocycles. The zero-order chi connectivity index (χ0) is 26.3. The maximum atomic E-state index is 13.8. The van der Waals surface area contributed by atoms with Gasteiger partial charge in [0.25, 0.3) is 5.56 Å². The molecule has 2 heterocycles. The number of benzene rings is 3. The standard InChI is InChI=1S/C30H28F2N4O/c1-19-18-36(30(22-5-9-24(31)10-6-22)23-7-11-25(32)12-8-23)20(2)17-35(19)28-15-29(37)34(3)27-13-4-21(16-33)14-26(27)28/h4-15,19-20,30H,17-18H2,1-3H3/t19-,20+/m1/s1. The molecule has 0 N–H and O–H groups in total. The molecule has 1 fully saturated rings. The summed E-state index contributed by atoms with van der Waals surface area (Å²) >= 11 is 0. The summed E-state index contributed by atoms with van der Waals surface area (Å²) in [6.45, 7) is 5.54. The number of aryl methyl sites for hydroxylation is 1. The van der Waals surface area contributed by atoms with Gasteiger partial charge in [-0.05, 0) is 67.4 Å². The van der Waals surface area contributed by atoms with Gasteiger partial charge >= 0.3 is 0 Å². The van der Waals surface area contributed by atoms with Crippen molar-refractivity contribution in [1.82, 2.24) is 9.47 Å². The molecule has 1 aliphatic rings. The predicted molar refractivity (Wildman–Crippen MR) is 142 cm³/mol. The number of hydrogen-bond acceptors (Lipinski definition) is 4. The summed E-state index contributed by atoms with van der Waals surface area (Å²) in [5.74, 6) is -0.607. The monoisotopic (exact) mass is 498 g/mol. The van der Waals surface area contributed by atoms with Gasteiger partial charge in [-0.2, -0.15) is 5.26 Å². The summed E-state index contributed by atoms with van der Waals surface area (Å²) in [5.41, 5.74) is 3.88. The van der Waals surface area contributed by atoms with Gasteiger partial charge in [0.15, 0.2) is 0 Å². The van der Waals surface area contributed by atoms with E-state index in [1.54, 1.807) is 48.0 Å². The molecule has 2 atom stereocenters. The molecular weight excluding hydrogens is 470 g/mol. The number of piperazine rings is 1. The summed E-state index contributed by atoms with van der Waals surface area (Å²) in [4.78, 5) is 17.4. The Morgan fingerprint density at radius 3 is 2.03 bits per heavy atom.